The topological polar surface area (TPSA) is 42.4 Å². The van der Waals surface area contributed by atoms with Gasteiger partial charge in [0, 0.05) is 38.9 Å². The first-order valence-corrected chi connectivity index (χ1v) is 9.77. The zero-order valence-corrected chi connectivity index (χ0v) is 16.4. The summed E-state index contributed by atoms with van der Waals surface area (Å²) in [7, 11) is 1.94. The number of carbonyl (C=O) groups is 1. The van der Waals surface area contributed by atoms with Crippen molar-refractivity contribution in [2.45, 2.75) is 19.0 Å². The zero-order chi connectivity index (χ0) is 19.2. The van der Waals surface area contributed by atoms with E-state index in [0.29, 0.717) is 6.54 Å². The number of nitrogens with zero attached hydrogens (tertiary/aromatic N) is 5. The first kappa shape index (κ1) is 19.4. The quantitative estimate of drug-likeness (QED) is 0.691. The monoisotopic (exact) mass is 369 g/mol. The van der Waals surface area contributed by atoms with Crippen LogP contribution in [0.1, 0.15) is 24.6 Å². The number of hydrogen-bond donors (Lipinski definition) is 0. The molecule has 0 radical (unpaired) electrons. The smallest absolute Gasteiger partial charge is 0.236 e. The van der Waals surface area contributed by atoms with Crippen molar-refractivity contribution in [3.63, 3.8) is 0 Å². The average Bonchev–Trinajstić information content (AvgIpc) is 3.22. The minimum atomic E-state index is -0.114. The van der Waals surface area contributed by atoms with Crippen LogP contribution in [0, 0.1) is 0 Å². The second-order valence-electron chi connectivity index (χ2n) is 7.35. The van der Waals surface area contributed by atoms with Crippen molar-refractivity contribution in [2.24, 2.45) is 4.99 Å². The van der Waals surface area contributed by atoms with E-state index in [1.165, 1.54) is 18.5 Å². The van der Waals surface area contributed by atoms with E-state index in [4.69, 9.17) is 0 Å². The molecule has 1 aromatic carbocycles. The Hall–Kier alpha value is -2.34. The molecule has 2 aliphatic heterocycles. The van der Waals surface area contributed by atoms with Crippen molar-refractivity contribution in [3.05, 3.63) is 42.6 Å². The highest BCUT2D eigenvalue weighted by atomic mass is 16.2. The highest BCUT2D eigenvalue weighted by molar-refractivity contribution is 5.78. The molecule has 2 aliphatic rings. The number of amides is 1. The van der Waals surface area contributed by atoms with Gasteiger partial charge in [-0.15, -0.1) is 0 Å². The summed E-state index contributed by atoms with van der Waals surface area (Å²) in [5.74, 6) is 0.277. The van der Waals surface area contributed by atoms with Gasteiger partial charge in [-0.25, -0.2) is 0 Å². The van der Waals surface area contributed by atoms with Crippen LogP contribution < -0.4 is 4.90 Å². The summed E-state index contributed by atoms with van der Waals surface area (Å²) >= 11 is 0. The molecule has 3 rings (SSSR count). The number of benzene rings is 1. The van der Waals surface area contributed by atoms with Crippen molar-refractivity contribution in [2.75, 3.05) is 57.8 Å². The van der Waals surface area contributed by atoms with Gasteiger partial charge in [0.2, 0.25) is 5.91 Å². The lowest BCUT2D eigenvalue weighted by Crippen LogP contribution is -2.51. The maximum Gasteiger partial charge on any atom is 0.236 e. The zero-order valence-electron chi connectivity index (χ0n) is 16.4. The van der Waals surface area contributed by atoms with Gasteiger partial charge in [-0.1, -0.05) is 18.7 Å². The molecule has 0 aliphatic carbocycles. The van der Waals surface area contributed by atoms with Crippen LogP contribution in [0.2, 0.25) is 0 Å². The molecule has 27 heavy (non-hydrogen) atoms. The van der Waals surface area contributed by atoms with E-state index in [1.54, 1.807) is 6.20 Å². The van der Waals surface area contributed by atoms with Crippen LogP contribution in [0.4, 0.5) is 5.69 Å². The molecule has 2 fully saturated rings. The van der Waals surface area contributed by atoms with Gasteiger partial charge < -0.3 is 14.7 Å². The van der Waals surface area contributed by atoms with Crippen LogP contribution in [-0.4, -0.2) is 80.2 Å². The molecule has 0 saturated carbocycles. The Kier molecular flexibility index (Phi) is 6.50. The Balaban J connectivity index is 1.53. The van der Waals surface area contributed by atoms with E-state index in [9.17, 15) is 4.79 Å². The number of carbonyl (C=O) groups excluding carboxylic acids is 1. The fourth-order valence-electron chi connectivity index (χ4n) is 3.87. The van der Waals surface area contributed by atoms with Crippen LogP contribution in [0.3, 0.4) is 0 Å². The lowest BCUT2D eigenvalue weighted by Gasteiger charge is -2.37. The molecule has 2 saturated heterocycles. The summed E-state index contributed by atoms with van der Waals surface area (Å²) in [6.07, 6.45) is 4.09. The van der Waals surface area contributed by atoms with Crippen LogP contribution in [-0.2, 0) is 4.79 Å². The third kappa shape index (κ3) is 4.69. The largest absolute Gasteiger partial charge is 0.368 e. The fraction of sp³-hybridized carbons (Fsp3) is 0.524. The summed E-state index contributed by atoms with van der Waals surface area (Å²) in [4.78, 5) is 25.2. The van der Waals surface area contributed by atoms with Crippen molar-refractivity contribution in [1.82, 2.24) is 14.7 Å². The van der Waals surface area contributed by atoms with E-state index in [1.807, 2.05) is 16.8 Å². The van der Waals surface area contributed by atoms with Crippen molar-refractivity contribution in [1.29, 1.82) is 0 Å². The standard InChI is InChI=1S/C21H31N5O/c1-4-23(3)21(22-2)18-7-9-19(10-8-18)25-13-15-26(16-14-25)20(27)17-24-11-5-6-12-24/h4,7-10,21H,1-2,5-6,11-17H2,3H3. The molecular weight excluding hydrogens is 338 g/mol. The van der Waals surface area contributed by atoms with Gasteiger partial charge in [0.05, 0.1) is 6.54 Å². The molecule has 1 atom stereocenters. The number of likely N-dealkylation sites (tertiary alicyclic amines) is 1. The van der Waals surface area contributed by atoms with Gasteiger partial charge in [0.15, 0.2) is 0 Å². The van der Waals surface area contributed by atoms with Gasteiger partial charge in [0.1, 0.15) is 6.17 Å². The maximum absolute atomic E-state index is 12.5. The number of anilines is 1. The highest BCUT2D eigenvalue weighted by Crippen LogP contribution is 2.24. The van der Waals surface area contributed by atoms with Crippen molar-refractivity contribution < 1.29 is 4.79 Å². The summed E-state index contributed by atoms with van der Waals surface area (Å²) in [5.41, 5.74) is 2.28. The maximum atomic E-state index is 12.5. The Bertz CT molecular complexity index is 645. The van der Waals surface area contributed by atoms with Crippen LogP contribution in [0.15, 0.2) is 42.0 Å². The normalized spacial score (nSPS) is 19.0. The van der Waals surface area contributed by atoms with Crippen LogP contribution in [0.25, 0.3) is 0 Å². The molecule has 6 heteroatoms. The molecule has 1 aromatic rings. The average molecular weight is 370 g/mol. The molecule has 1 unspecified atom stereocenters. The number of rotatable bonds is 7. The van der Waals surface area contributed by atoms with Gasteiger partial charge >= 0.3 is 0 Å². The second kappa shape index (κ2) is 9.04. The van der Waals surface area contributed by atoms with Crippen molar-refractivity contribution >= 4 is 18.3 Å². The fourth-order valence-corrected chi connectivity index (χ4v) is 3.87. The molecule has 146 valence electrons. The molecule has 2 heterocycles. The number of hydrogen-bond acceptors (Lipinski definition) is 5. The molecular formula is C21H31N5O. The minimum absolute atomic E-state index is 0.114. The molecule has 1 amide bonds. The van der Waals surface area contributed by atoms with Gasteiger partial charge in [-0.3, -0.25) is 14.7 Å². The predicted octanol–water partition coefficient (Wildman–Crippen LogP) is 2.21. The number of aliphatic imine (C=N–C) groups is 1. The van der Waals surface area contributed by atoms with Gasteiger partial charge in [-0.05, 0) is 56.5 Å². The second-order valence-corrected chi connectivity index (χ2v) is 7.35. The summed E-state index contributed by atoms with van der Waals surface area (Å²) in [5, 5.41) is 0. The Labute approximate surface area is 162 Å². The van der Waals surface area contributed by atoms with Crippen LogP contribution >= 0.6 is 0 Å². The predicted molar refractivity (Wildman–Crippen MR) is 111 cm³/mol. The molecule has 6 nitrogen and oxygen atoms in total. The van der Waals surface area contributed by atoms with Gasteiger partial charge in [0.25, 0.3) is 0 Å². The lowest BCUT2D eigenvalue weighted by molar-refractivity contribution is -0.132. The lowest BCUT2D eigenvalue weighted by atomic mass is 10.1. The van der Waals surface area contributed by atoms with E-state index in [2.05, 4.69) is 52.4 Å². The SMILES string of the molecule is C=CN(C)C(N=C)c1ccc(N2CCN(C(=O)CN3CCCC3)CC2)cc1. The van der Waals surface area contributed by atoms with Crippen molar-refractivity contribution in [3.8, 4) is 0 Å². The first-order valence-electron chi connectivity index (χ1n) is 9.77. The Morgan fingerprint density at radius 2 is 1.78 bits per heavy atom. The van der Waals surface area contributed by atoms with Gasteiger partial charge in [-0.2, -0.15) is 0 Å². The van der Waals surface area contributed by atoms with E-state index in [-0.39, 0.29) is 12.1 Å². The molecule has 0 bridgehead atoms. The summed E-state index contributed by atoms with van der Waals surface area (Å²) in [6, 6.07) is 8.46. The van der Waals surface area contributed by atoms with E-state index >= 15 is 0 Å². The summed E-state index contributed by atoms with van der Waals surface area (Å²) in [6.45, 7) is 13.6. The van der Waals surface area contributed by atoms with E-state index < -0.39 is 0 Å². The highest BCUT2D eigenvalue weighted by Gasteiger charge is 2.24. The Morgan fingerprint density at radius 1 is 1.15 bits per heavy atom. The molecule has 0 spiro atoms. The third-order valence-corrected chi connectivity index (χ3v) is 5.59. The Morgan fingerprint density at radius 3 is 2.33 bits per heavy atom. The first-order chi connectivity index (χ1) is 13.1. The van der Waals surface area contributed by atoms with Crippen LogP contribution in [0.5, 0.6) is 0 Å². The molecule has 0 aromatic heterocycles. The summed E-state index contributed by atoms with van der Waals surface area (Å²) < 4.78 is 0. The minimum Gasteiger partial charge on any atom is -0.368 e. The molecule has 0 N–H and O–H groups in total. The number of piperazine rings is 1. The third-order valence-electron chi connectivity index (χ3n) is 5.59. The van der Waals surface area contributed by atoms with E-state index in [0.717, 1.165) is 44.8 Å².